The molecule has 2 rings (SSSR count). The normalized spacial score (nSPS) is 12.1. The first kappa shape index (κ1) is 12.2. The standard InChI is InChI=1S/C12H15N5O/c1-2-6-10(9-7-4-3-5-8-9)11(18)13-12-14-16-17-15-12/h3-5,7-8,10H,2,6H2,1H3,(H2,13,14,15,16,17,18). The van der Waals surface area contributed by atoms with Crippen molar-refractivity contribution in [1.82, 2.24) is 20.6 Å². The van der Waals surface area contributed by atoms with Crippen molar-refractivity contribution in [1.29, 1.82) is 0 Å². The molecular weight excluding hydrogens is 230 g/mol. The fourth-order valence-electron chi connectivity index (χ4n) is 1.84. The van der Waals surface area contributed by atoms with Gasteiger partial charge in [0.25, 0.3) is 0 Å². The predicted molar refractivity (Wildman–Crippen MR) is 66.9 cm³/mol. The molecule has 2 aromatic rings. The van der Waals surface area contributed by atoms with Gasteiger partial charge in [-0.1, -0.05) is 48.8 Å². The van der Waals surface area contributed by atoms with Crippen LogP contribution in [0.5, 0.6) is 0 Å². The molecule has 1 aromatic carbocycles. The summed E-state index contributed by atoms with van der Waals surface area (Å²) in [4.78, 5) is 12.2. The first-order chi connectivity index (χ1) is 8.81. The monoisotopic (exact) mass is 245 g/mol. The number of carbonyl (C=O) groups excluding carboxylic acids is 1. The lowest BCUT2D eigenvalue weighted by atomic mass is 9.94. The van der Waals surface area contributed by atoms with Gasteiger partial charge in [-0.2, -0.15) is 0 Å². The van der Waals surface area contributed by atoms with E-state index in [9.17, 15) is 4.79 Å². The van der Waals surface area contributed by atoms with E-state index in [1.165, 1.54) is 0 Å². The second kappa shape index (κ2) is 5.90. The molecule has 1 unspecified atom stereocenters. The molecule has 94 valence electrons. The molecule has 1 heterocycles. The second-order valence-electron chi connectivity index (χ2n) is 3.99. The van der Waals surface area contributed by atoms with Crippen molar-refractivity contribution in [2.24, 2.45) is 0 Å². The Balaban J connectivity index is 2.12. The van der Waals surface area contributed by atoms with Gasteiger partial charge in [-0.25, -0.2) is 5.10 Å². The summed E-state index contributed by atoms with van der Waals surface area (Å²) in [5.74, 6) is -0.0000609. The van der Waals surface area contributed by atoms with Gasteiger partial charge in [-0.3, -0.25) is 10.1 Å². The van der Waals surface area contributed by atoms with Gasteiger partial charge in [-0.05, 0) is 22.4 Å². The zero-order valence-electron chi connectivity index (χ0n) is 10.1. The van der Waals surface area contributed by atoms with Crippen LogP contribution in [0.2, 0.25) is 0 Å². The minimum absolute atomic E-state index is 0.0957. The molecule has 0 aliphatic heterocycles. The molecule has 0 fully saturated rings. The van der Waals surface area contributed by atoms with Gasteiger partial charge in [0.2, 0.25) is 11.9 Å². The van der Waals surface area contributed by atoms with Crippen molar-refractivity contribution in [3.63, 3.8) is 0 Å². The highest BCUT2D eigenvalue weighted by Gasteiger charge is 2.20. The highest BCUT2D eigenvalue weighted by atomic mass is 16.2. The lowest BCUT2D eigenvalue weighted by Crippen LogP contribution is -2.21. The molecule has 0 bridgehead atoms. The Morgan fingerprint density at radius 1 is 1.39 bits per heavy atom. The minimum atomic E-state index is -0.179. The van der Waals surface area contributed by atoms with E-state index in [0.717, 1.165) is 18.4 Å². The van der Waals surface area contributed by atoms with Gasteiger partial charge in [0.15, 0.2) is 0 Å². The van der Waals surface area contributed by atoms with Crippen LogP contribution in [-0.4, -0.2) is 26.5 Å². The number of H-pyrrole nitrogens is 1. The maximum Gasteiger partial charge on any atom is 0.246 e. The molecule has 18 heavy (non-hydrogen) atoms. The van der Waals surface area contributed by atoms with Gasteiger partial charge in [0, 0.05) is 0 Å². The Bertz CT molecular complexity index is 482. The molecule has 0 saturated carbocycles. The topological polar surface area (TPSA) is 83.6 Å². The van der Waals surface area contributed by atoms with Crippen molar-refractivity contribution in [3.05, 3.63) is 35.9 Å². The smallest absolute Gasteiger partial charge is 0.246 e. The lowest BCUT2D eigenvalue weighted by Gasteiger charge is -2.15. The molecule has 1 atom stereocenters. The number of hydrogen-bond acceptors (Lipinski definition) is 4. The van der Waals surface area contributed by atoms with E-state index < -0.39 is 0 Å². The SMILES string of the molecule is CCCC(C(=O)Nc1nnn[nH]1)c1ccccc1. The summed E-state index contributed by atoms with van der Waals surface area (Å²) in [6.07, 6.45) is 1.72. The number of hydrogen-bond donors (Lipinski definition) is 2. The van der Waals surface area contributed by atoms with E-state index in [4.69, 9.17) is 0 Å². The van der Waals surface area contributed by atoms with Crippen LogP contribution >= 0.6 is 0 Å². The number of nitrogens with one attached hydrogen (secondary N) is 2. The van der Waals surface area contributed by atoms with Crippen LogP contribution in [0, 0.1) is 0 Å². The van der Waals surface area contributed by atoms with Crippen LogP contribution in [-0.2, 0) is 4.79 Å². The summed E-state index contributed by atoms with van der Waals surface area (Å²) >= 11 is 0. The number of nitrogens with zero attached hydrogens (tertiary/aromatic N) is 3. The summed E-state index contributed by atoms with van der Waals surface area (Å²) < 4.78 is 0. The van der Waals surface area contributed by atoms with Crippen LogP contribution in [0.15, 0.2) is 30.3 Å². The van der Waals surface area contributed by atoms with Crippen molar-refractivity contribution >= 4 is 11.9 Å². The molecule has 0 aliphatic carbocycles. The lowest BCUT2D eigenvalue weighted by molar-refractivity contribution is -0.117. The highest BCUT2D eigenvalue weighted by Crippen LogP contribution is 2.22. The Hall–Kier alpha value is -2.24. The molecular formula is C12H15N5O. The number of rotatable bonds is 5. The van der Waals surface area contributed by atoms with Crippen LogP contribution in [0.4, 0.5) is 5.95 Å². The van der Waals surface area contributed by atoms with Crippen molar-refractivity contribution in [2.75, 3.05) is 5.32 Å². The van der Waals surface area contributed by atoms with Crippen LogP contribution in [0.3, 0.4) is 0 Å². The Labute approximate surface area is 105 Å². The highest BCUT2D eigenvalue weighted by molar-refractivity contribution is 5.94. The summed E-state index contributed by atoms with van der Waals surface area (Å²) in [7, 11) is 0. The molecule has 6 heteroatoms. The Kier molecular flexibility index (Phi) is 4.01. The molecule has 6 nitrogen and oxygen atoms in total. The molecule has 1 aromatic heterocycles. The van der Waals surface area contributed by atoms with E-state index >= 15 is 0 Å². The van der Waals surface area contributed by atoms with Gasteiger partial charge < -0.3 is 0 Å². The predicted octanol–water partition coefficient (Wildman–Crippen LogP) is 1.72. The molecule has 0 aliphatic rings. The summed E-state index contributed by atoms with van der Waals surface area (Å²) in [6, 6.07) is 9.71. The zero-order valence-corrected chi connectivity index (χ0v) is 10.1. The maximum atomic E-state index is 12.2. The van der Waals surface area contributed by atoms with Crippen LogP contribution in [0.1, 0.15) is 31.2 Å². The van der Waals surface area contributed by atoms with E-state index in [0.29, 0.717) is 0 Å². The third-order valence-corrected chi connectivity index (χ3v) is 2.68. The summed E-state index contributed by atoms with van der Waals surface area (Å²) in [5.41, 5.74) is 1.00. The average molecular weight is 245 g/mol. The van der Waals surface area contributed by atoms with E-state index in [1.54, 1.807) is 0 Å². The Morgan fingerprint density at radius 3 is 2.78 bits per heavy atom. The minimum Gasteiger partial charge on any atom is -0.293 e. The van der Waals surface area contributed by atoms with Gasteiger partial charge in [-0.15, -0.1) is 0 Å². The average Bonchev–Trinajstić information content (AvgIpc) is 2.89. The molecule has 1 amide bonds. The fraction of sp³-hybridized carbons (Fsp3) is 0.333. The van der Waals surface area contributed by atoms with E-state index in [2.05, 4.69) is 32.9 Å². The molecule has 2 N–H and O–H groups in total. The second-order valence-corrected chi connectivity index (χ2v) is 3.99. The van der Waals surface area contributed by atoms with Gasteiger partial charge in [0.1, 0.15) is 0 Å². The third kappa shape index (κ3) is 2.91. The van der Waals surface area contributed by atoms with Crippen LogP contribution < -0.4 is 5.32 Å². The Morgan fingerprint density at radius 2 is 2.17 bits per heavy atom. The number of tetrazole rings is 1. The maximum absolute atomic E-state index is 12.2. The number of anilines is 1. The van der Waals surface area contributed by atoms with Crippen molar-refractivity contribution in [3.8, 4) is 0 Å². The zero-order chi connectivity index (χ0) is 12.8. The summed E-state index contributed by atoms with van der Waals surface area (Å²) in [6.45, 7) is 2.05. The van der Waals surface area contributed by atoms with Gasteiger partial charge in [0.05, 0.1) is 5.92 Å². The van der Waals surface area contributed by atoms with Gasteiger partial charge >= 0.3 is 0 Å². The number of aromatic nitrogens is 4. The van der Waals surface area contributed by atoms with Crippen molar-refractivity contribution < 1.29 is 4.79 Å². The molecule has 0 spiro atoms. The number of benzene rings is 1. The number of carbonyl (C=O) groups is 1. The quantitative estimate of drug-likeness (QED) is 0.840. The van der Waals surface area contributed by atoms with Crippen molar-refractivity contribution in [2.45, 2.75) is 25.7 Å². The number of amides is 1. The largest absolute Gasteiger partial charge is 0.293 e. The first-order valence-electron chi connectivity index (χ1n) is 5.90. The van der Waals surface area contributed by atoms with Crippen LogP contribution in [0.25, 0.3) is 0 Å². The first-order valence-corrected chi connectivity index (χ1v) is 5.90. The van der Waals surface area contributed by atoms with E-state index in [1.807, 2.05) is 30.3 Å². The summed E-state index contributed by atoms with van der Waals surface area (Å²) in [5, 5.41) is 15.7. The molecule has 0 radical (unpaired) electrons. The number of aromatic amines is 1. The van der Waals surface area contributed by atoms with E-state index in [-0.39, 0.29) is 17.8 Å². The fourth-order valence-corrected chi connectivity index (χ4v) is 1.84. The third-order valence-electron chi connectivity index (χ3n) is 2.68. The molecule has 0 saturated heterocycles.